The highest BCUT2D eigenvalue weighted by Gasteiger charge is 2.26. The van der Waals surface area contributed by atoms with Gasteiger partial charge in [-0.25, -0.2) is 0 Å². The standard InChI is InChI=1S/C24H35N/c1-4-5-6-7-14-19-24(2,3)25(20-22-15-10-8-11-16-22)21-23-17-12-9-13-18-23/h8-13,15-18H,4-7,14,19-21H2,1-3H3. The predicted octanol–water partition coefficient (Wildman–Crippen LogP) is 6.83. The minimum atomic E-state index is 0.206. The van der Waals surface area contributed by atoms with Gasteiger partial charge in [-0.1, -0.05) is 99.7 Å². The molecule has 0 saturated heterocycles. The summed E-state index contributed by atoms with van der Waals surface area (Å²) in [6.45, 7) is 9.14. The van der Waals surface area contributed by atoms with Crippen LogP contribution in [0.15, 0.2) is 60.7 Å². The first-order valence-electron chi connectivity index (χ1n) is 9.95. The summed E-state index contributed by atoms with van der Waals surface area (Å²) < 4.78 is 0. The van der Waals surface area contributed by atoms with Gasteiger partial charge in [0.15, 0.2) is 0 Å². The summed E-state index contributed by atoms with van der Waals surface area (Å²) >= 11 is 0. The number of unbranched alkanes of at least 4 members (excludes halogenated alkanes) is 4. The fourth-order valence-corrected chi connectivity index (χ4v) is 3.41. The molecule has 136 valence electrons. The van der Waals surface area contributed by atoms with Crippen molar-refractivity contribution in [1.82, 2.24) is 4.90 Å². The van der Waals surface area contributed by atoms with Gasteiger partial charge in [-0.15, -0.1) is 0 Å². The van der Waals surface area contributed by atoms with Crippen molar-refractivity contribution in [2.75, 3.05) is 0 Å². The van der Waals surface area contributed by atoms with Crippen molar-refractivity contribution in [1.29, 1.82) is 0 Å². The van der Waals surface area contributed by atoms with E-state index in [1.807, 2.05) is 0 Å². The predicted molar refractivity (Wildman–Crippen MR) is 110 cm³/mol. The Morgan fingerprint density at radius 3 is 1.64 bits per heavy atom. The van der Waals surface area contributed by atoms with Crippen LogP contribution in [0.5, 0.6) is 0 Å². The monoisotopic (exact) mass is 337 g/mol. The van der Waals surface area contributed by atoms with Crippen LogP contribution in [0.4, 0.5) is 0 Å². The quantitative estimate of drug-likeness (QED) is 0.406. The molecule has 1 heteroatoms. The molecule has 0 heterocycles. The summed E-state index contributed by atoms with van der Waals surface area (Å²) in [6.07, 6.45) is 8.02. The van der Waals surface area contributed by atoms with Crippen LogP contribution >= 0.6 is 0 Å². The maximum atomic E-state index is 2.65. The lowest BCUT2D eigenvalue weighted by atomic mass is 9.92. The number of benzene rings is 2. The molecule has 0 N–H and O–H groups in total. The molecule has 0 aliphatic heterocycles. The molecule has 0 spiro atoms. The fourth-order valence-electron chi connectivity index (χ4n) is 3.41. The third-order valence-electron chi connectivity index (χ3n) is 5.18. The van der Waals surface area contributed by atoms with Gasteiger partial charge in [-0.05, 0) is 31.4 Å². The molecule has 0 fully saturated rings. The summed E-state index contributed by atoms with van der Waals surface area (Å²) in [5, 5.41) is 0. The molecule has 1 nitrogen and oxygen atoms in total. The molecule has 0 aliphatic carbocycles. The molecule has 0 amide bonds. The third kappa shape index (κ3) is 7.04. The molecule has 2 aromatic carbocycles. The molecule has 2 rings (SSSR count). The van der Waals surface area contributed by atoms with E-state index in [-0.39, 0.29) is 5.54 Å². The first kappa shape index (κ1) is 19.7. The number of hydrogen-bond donors (Lipinski definition) is 0. The normalized spacial score (nSPS) is 11.8. The third-order valence-corrected chi connectivity index (χ3v) is 5.18. The summed E-state index contributed by atoms with van der Waals surface area (Å²) in [4.78, 5) is 2.65. The van der Waals surface area contributed by atoms with Crippen LogP contribution in [0.1, 0.15) is 70.4 Å². The first-order valence-corrected chi connectivity index (χ1v) is 9.95. The number of rotatable bonds is 11. The largest absolute Gasteiger partial charge is 0.290 e. The Morgan fingerprint density at radius 2 is 1.16 bits per heavy atom. The molecule has 25 heavy (non-hydrogen) atoms. The molecule has 0 bridgehead atoms. The van der Waals surface area contributed by atoms with E-state index < -0.39 is 0 Å². The van der Waals surface area contributed by atoms with E-state index in [4.69, 9.17) is 0 Å². The van der Waals surface area contributed by atoms with E-state index in [9.17, 15) is 0 Å². The molecule has 0 atom stereocenters. The minimum Gasteiger partial charge on any atom is -0.290 e. The average molecular weight is 338 g/mol. The van der Waals surface area contributed by atoms with E-state index in [0.717, 1.165) is 13.1 Å². The van der Waals surface area contributed by atoms with Gasteiger partial charge in [-0.3, -0.25) is 4.90 Å². The van der Waals surface area contributed by atoms with Crippen LogP contribution in [-0.2, 0) is 13.1 Å². The Kier molecular flexibility index (Phi) is 8.21. The Morgan fingerprint density at radius 1 is 0.680 bits per heavy atom. The molecule has 0 aliphatic rings. The number of nitrogens with zero attached hydrogens (tertiary/aromatic N) is 1. The van der Waals surface area contributed by atoms with Crippen LogP contribution < -0.4 is 0 Å². The highest BCUT2D eigenvalue weighted by molar-refractivity contribution is 5.17. The molecular formula is C24H35N. The zero-order chi connectivity index (χ0) is 18.0. The Bertz CT molecular complexity index is 532. The zero-order valence-electron chi connectivity index (χ0n) is 16.4. The smallest absolute Gasteiger partial charge is 0.0242 e. The van der Waals surface area contributed by atoms with Crippen molar-refractivity contribution in [3.05, 3.63) is 71.8 Å². The fraction of sp³-hybridized carbons (Fsp3) is 0.500. The van der Waals surface area contributed by atoms with Crippen molar-refractivity contribution < 1.29 is 0 Å². The number of hydrogen-bond acceptors (Lipinski definition) is 1. The maximum absolute atomic E-state index is 2.65. The van der Waals surface area contributed by atoms with E-state index in [0.29, 0.717) is 0 Å². The van der Waals surface area contributed by atoms with Gasteiger partial charge >= 0.3 is 0 Å². The van der Waals surface area contributed by atoms with Gasteiger partial charge in [0.25, 0.3) is 0 Å². The van der Waals surface area contributed by atoms with Gasteiger partial charge in [0.05, 0.1) is 0 Å². The van der Waals surface area contributed by atoms with Gasteiger partial charge in [0.2, 0.25) is 0 Å². The SMILES string of the molecule is CCCCCCCC(C)(C)N(Cc1ccccc1)Cc1ccccc1. The second-order valence-corrected chi connectivity index (χ2v) is 7.80. The Labute approximate surface area is 155 Å². The zero-order valence-corrected chi connectivity index (χ0v) is 16.4. The van der Waals surface area contributed by atoms with Crippen LogP contribution in [0.25, 0.3) is 0 Å². The molecule has 0 aromatic heterocycles. The molecular weight excluding hydrogens is 302 g/mol. The van der Waals surface area contributed by atoms with Gasteiger partial charge in [0.1, 0.15) is 0 Å². The highest BCUT2D eigenvalue weighted by Crippen LogP contribution is 2.26. The maximum Gasteiger partial charge on any atom is 0.0242 e. The minimum absolute atomic E-state index is 0.206. The molecule has 0 radical (unpaired) electrons. The summed E-state index contributed by atoms with van der Waals surface area (Å²) in [6, 6.07) is 21.8. The Balaban J connectivity index is 2.03. The van der Waals surface area contributed by atoms with Crippen molar-refractivity contribution in [3.8, 4) is 0 Å². The molecule has 2 aromatic rings. The lowest BCUT2D eigenvalue weighted by Gasteiger charge is -2.39. The van der Waals surface area contributed by atoms with Gasteiger partial charge < -0.3 is 0 Å². The van der Waals surface area contributed by atoms with Gasteiger partial charge in [0, 0.05) is 18.6 Å². The first-order chi connectivity index (χ1) is 12.1. The van der Waals surface area contributed by atoms with E-state index in [1.165, 1.54) is 49.7 Å². The van der Waals surface area contributed by atoms with Crippen LogP contribution in [0.3, 0.4) is 0 Å². The van der Waals surface area contributed by atoms with Gasteiger partial charge in [-0.2, -0.15) is 0 Å². The van der Waals surface area contributed by atoms with Crippen molar-refractivity contribution in [2.45, 2.75) is 77.9 Å². The summed E-state index contributed by atoms with van der Waals surface area (Å²) in [5.74, 6) is 0. The van der Waals surface area contributed by atoms with E-state index >= 15 is 0 Å². The highest BCUT2D eigenvalue weighted by atomic mass is 15.2. The second-order valence-electron chi connectivity index (χ2n) is 7.80. The summed E-state index contributed by atoms with van der Waals surface area (Å²) in [5.41, 5.74) is 3.01. The van der Waals surface area contributed by atoms with Crippen LogP contribution in [0.2, 0.25) is 0 Å². The van der Waals surface area contributed by atoms with Crippen molar-refractivity contribution in [3.63, 3.8) is 0 Å². The van der Waals surface area contributed by atoms with E-state index in [2.05, 4.69) is 86.3 Å². The average Bonchev–Trinajstić information content (AvgIpc) is 2.63. The second kappa shape index (κ2) is 10.4. The summed E-state index contributed by atoms with van der Waals surface area (Å²) in [7, 11) is 0. The Hall–Kier alpha value is -1.60. The topological polar surface area (TPSA) is 3.24 Å². The lowest BCUT2D eigenvalue weighted by molar-refractivity contribution is 0.0907. The van der Waals surface area contributed by atoms with Crippen molar-refractivity contribution in [2.24, 2.45) is 0 Å². The van der Waals surface area contributed by atoms with E-state index in [1.54, 1.807) is 0 Å². The van der Waals surface area contributed by atoms with Crippen LogP contribution in [-0.4, -0.2) is 10.4 Å². The molecule has 0 saturated carbocycles. The van der Waals surface area contributed by atoms with Crippen molar-refractivity contribution >= 4 is 0 Å². The molecule has 0 unspecified atom stereocenters. The van der Waals surface area contributed by atoms with Crippen LogP contribution in [0, 0.1) is 0 Å². The lowest BCUT2D eigenvalue weighted by Crippen LogP contribution is -2.42.